The average Bonchev–Trinajstić information content (AvgIpc) is 2.37. The Labute approximate surface area is 105 Å². The van der Waals surface area contributed by atoms with Crippen LogP contribution in [-0.4, -0.2) is 31.2 Å². The van der Waals surface area contributed by atoms with Crippen LogP contribution in [0.1, 0.15) is 58.8 Å². The van der Waals surface area contributed by atoms with Crippen molar-refractivity contribution in [3.63, 3.8) is 0 Å². The Morgan fingerprint density at radius 1 is 1.18 bits per heavy atom. The maximum atomic E-state index is 12.3. The molecule has 1 aliphatic rings. The standard InChI is InChI=1S/C14H26O3/c1-13(2,16-3)11-8-12(15)14(17-4)9-6-5-7-10-14/h5-11H2,1-4H3. The molecule has 0 aliphatic heterocycles. The molecule has 0 N–H and O–H groups in total. The van der Waals surface area contributed by atoms with Crippen molar-refractivity contribution in [2.75, 3.05) is 14.2 Å². The van der Waals surface area contributed by atoms with E-state index in [1.54, 1.807) is 14.2 Å². The Hall–Kier alpha value is -0.410. The number of ketones is 1. The van der Waals surface area contributed by atoms with E-state index in [0.29, 0.717) is 6.42 Å². The maximum Gasteiger partial charge on any atom is 0.164 e. The van der Waals surface area contributed by atoms with Gasteiger partial charge in [-0.2, -0.15) is 0 Å². The minimum atomic E-state index is -0.498. The van der Waals surface area contributed by atoms with Crippen LogP contribution in [-0.2, 0) is 14.3 Å². The van der Waals surface area contributed by atoms with E-state index in [9.17, 15) is 4.79 Å². The van der Waals surface area contributed by atoms with E-state index in [-0.39, 0.29) is 11.4 Å². The van der Waals surface area contributed by atoms with Crippen molar-refractivity contribution in [2.24, 2.45) is 0 Å². The predicted molar refractivity (Wildman–Crippen MR) is 68.2 cm³/mol. The summed E-state index contributed by atoms with van der Waals surface area (Å²) in [6, 6.07) is 0. The van der Waals surface area contributed by atoms with E-state index in [1.165, 1.54) is 6.42 Å². The molecule has 3 heteroatoms. The van der Waals surface area contributed by atoms with Crippen LogP contribution in [0.25, 0.3) is 0 Å². The largest absolute Gasteiger partial charge is 0.379 e. The molecule has 0 atom stereocenters. The molecule has 0 saturated heterocycles. The van der Waals surface area contributed by atoms with E-state index in [0.717, 1.165) is 32.1 Å². The fourth-order valence-electron chi connectivity index (χ4n) is 2.46. The fourth-order valence-corrected chi connectivity index (χ4v) is 2.46. The number of ether oxygens (including phenoxy) is 2. The van der Waals surface area contributed by atoms with Crippen molar-refractivity contribution in [3.05, 3.63) is 0 Å². The van der Waals surface area contributed by atoms with Gasteiger partial charge in [-0.1, -0.05) is 19.3 Å². The Morgan fingerprint density at radius 2 is 1.76 bits per heavy atom. The van der Waals surface area contributed by atoms with Crippen LogP contribution in [0.4, 0.5) is 0 Å². The zero-order valence-corrected chi connectivity index (χ0v) is 11.7. The lowest BCUT2D eigenvalue weighted by Crippen LogP contribution is -2.43. The minimum Gasteiger partial charge on any atom is -0.379 e. The second-order valence-corrected chi connectivity index (χ2v) is 5.65. The first-order valence-electron chi connectivity index (χ1n) is 6.59. The lowest BCUT2D eigenvalue weighted by Gasteiger charge is -2.35. The van der Waals surface area contributed by atoms with Gasteiger partial charge >= 0.3 is 0 Å². The summed E-state index contributed by atoms with van der Waals surface area (Å²) in [5, 5.41) is 0. The minimum absolute atomic E-state index is 0.223. The zero-order valence-electron chi connectivity index (χ0n) is 11.7. The molecule has 3 nitrogen and oxygen atoms in total. The normalized spacial score (nSPS) is 20.2. The highest BCUT2D eigenvalue weighted by Crippen LogP contribution is 2.33. The fraction of sp³-hybridized carbons (Fsp3) is 0.929. The molecule has 1 rings (SSSR count). The molecular formula is C14H26O3. The van der Waals surface area contributed by atoms with Gasteiger partial charge in [-0.05, 0) is 33.1 Å². The molecule has 0 heterocycles. The summed E-state index contributed by atoms with van der Waals surface area (Å²) >= 11 is 0. The van der Waals surface area contributed by atoms with E-state index in [2.05, 4.69) is 0 Å². The SMILES string of the molecule is COC(C)(C)CCC(=O)C1(OC)CCCCC1. The molecule has 100 valence electrons. The molecule has 0 amide bonds. The summed E-state index contributed by atoms with van der Waals surface area (Å²) in [5.74, 6) is 0.254. The van der Waals surface area contributed by atoms with Gasteiger partial charge in [0.1, 0.15) is 5.60 Å². The molecule has 0 aromatic carbocycles. The van der Waals surface area contributed by atoms with Gasteiger partial charge in [0.25, 0.3) is 0 Å². The van der Waals surface area contributed by atoms with Crippen molar-refractivity contribution < 1.29 is 14.3 Å². The van der Waals surface area contributed by atoms with Crippen LogP contribution < -0.4 is 0 Å². The lowest BCUT2D eigenvalue weighted by atomic mass is 9.79. The number of carbonyl (C=O) groups is 1. The number of hydrogen-bond acceptors (Lipinski definition) is 3. The van der Waals surface area contributed by atoms with Gasteiger partial charge in [-0.25, -0.2) is 0 Å². The van der Waals surface area contributed by atoms with E-state index in [4.69, 9.17) is 9.47 Å². The Morgan fingerprint density at radius 3 is 2.24 bits per heavy atom. The second kappa shape index (κ2) is 5.96. The molecular weight excluding hydrogens is 216 g/mol. The predicted octanol–water partition coefficient (Wildman–Crippen LogP) is 3.11. The van der Waals surface area contributed by atoms with Crippen LogP contribution in [0.2, 0.25) is 0 Å². The van der Waals surface area contributed by atoms with Gasteiger partial charge in [0.05, 0.1) is 5.60 Å². The molecule has 0 spiro atoms. The number of Topliss-reactive ketones (excluding diaryl/α,β-unsaturated/α-hetero) is 1. The third kappa shape index (κ3) is 3.78. The van der Waals surface area contributed by atoms with Crippen LogP contribution in [0, 0.1) is 0 Å². The molecule has 0 radical (unpaired) electrons. The van der Waals surface area contributed by atoms with Gasteiger partial charge in [0.15, 0.2) is 5.78 Å². The molecule has 0 bridgehead atoms. The molecule has 0 aromatic heterocycles. The number of rotatable bonds is 6. The summed E-state index contributed by atoms with van der Waals surface area (Å²) in [7, 11) is 3.36. The summed E-state index contributed by atoms with van der Waals surface area (Å²) < 4.78 is 10.9. The zero-order chi connectivity index (χ0) is 12.9. The molecule has 0 aromatic rings. The van der Waals surface area contributed by atoms with E-state index >= 15 is 0 Å². The molecule has 1 saturated carbocycles. The van der Waals surface area contributed by atoms with Gasteiger partial charge in [-0.3, -0.25) is 4.79 Å². The summed E-state index contributed by atoms with van der Waals surface area (Å²) in [6.07, 6.45) is 6.51. The second-order valence-electron chi connectivity index (χ2n) is 5.65. The topological polar surface area (TPSA) is 35.5 Å². The van der Waals surface area contributed by atoms with Gasteiger partial charge in [0.2, 0.25) is 0 Å². The van der Waals surface area contributed by atoms with Gasteiger partial charge < -0.3 is 9.47 Å². The van der Waals surface area contributed by atoms with E-state index < -0.39 is 5.60 Å². The Balaban J connectivity index is 2.55. The smallest absolute Gasteiger partial charge is 0.164 e. The third-order valence-electron chi connectivity index (χ3n) is 4.07. The number of methoxy groups -OCH3 is 2. The molecule has 1 aliphatic carbocycles. The third-order valence-corrected chi connectivity index (χ3v) is 4.07. The van der Waals surface area contributed by atoms with Crippen LogP contribution in [0.15, 0.2) is 0 Å². The summed E-state index contributed by atoms with van der Waals surface area (Å²) in [6.45, 7) is 4.03. The van der Waals surface area contributed by atoms with Crippen LogP contribution in [0.3, 0.4) is 0 Å². The van der Waals surface area contributed by atoms with Crippen LogP contribution >= 0.6 is 0 Å². The van der Waals surface area contributed by atoms with Crippen LogP contribution in [0.5, 0.6) is 0 Å². The highest BCUT2D eigenvalue weighted by Gasteiger charge is 2.39. The van der Waals surface area contributed by atoms with Gasteiger partial charge in [-0.15, -0.1) is 0 Å². The van der Waals surface area contributed by atoms with E-state index in [1.807, 2.05) is 13.8 Å². The Kier molecular flexibility index (Phi) is 5.14. The first-order valence-corrected chi connectivity index (χ1v) is 6.59. The number of hydrogen-bond donors (Lipinski definition) is 0. The van der Waals surface area contributed by atoms with Crippen molar-refractivity contribution in [2.45, 2.75) is 70.0 Å². The summed E-state index contributed by atoms with van der Waals surface area (Å²) in [5.41, 5.74) is -0.721. The molecule has 0 unspecified atom stereocenters. The summed E-state index contributed by atoms with van der Waals surface area (Å²) in [4.78, 5) is 12.3. The first-order chi connectivity index (χ1) is 7.96. The highest BCUT2D eigenvalue weighted by molar-refractivity contribution is 5.87. The van der Waals surface area contributed by atoms with Crippen molar-refractivity contribution >= 4 is 5.78 Å². The quantitative estimate of drug-likeness (QED) is 0.718. The van der Waals surface area contributed by atoms with Crippen molar-refractivity contribution in [3.8, 4) is 0 Å². The number of carbonyl (C=O) groups excluding carboxylic acids is 1. The lowest BCUT2D eigenvalue weighted by molar-refractivity contribution is -0.146. The average molecular weight is 242 g/mol. The molecule has 17 heavy (non-hydrogen) atoms. The first kappa shape index (κ1) is 14.7. The maximum absolute atomic E-state index is 12.3. The Bertz CT molecular complexity index is 252. The van der Waals surface area contributed by atoms with Gasteiger partial charge in [0, 0.05) is 20.6 Å². The van der Waals surface area contributed by atoms with Crippen molar-refractivity contribution in [1.29, 1.82) is 0 Å². The monoisotopic (exact) mass is 242 g/mol. The van der Waals surface area contributed by atoms with Crippen molar-refractivity contribution in [1.82, 2.24) is 0 Å². The molecule has 1 fully saturated rings. The highest BCUT2D eigenvalue weighted by atomic mass is 16.5.